The highest BCUT2D eigenvalue weighted by Gasteiger charge is 2.26. The number of aryl methyl sites for hydroxylation is 1. The summed E-state index contributed by atoms with van der Waals surface area (Å²) in [5.41, 5.74) is 1.57. The lowest BCUT2D eigenvalue weighted by molar-refractivity contribution is 0.190. The minimum absolute atomic E-state index is 0.0367. The fraction of sp³-hybridized carbons (Fsp3) is 0.333. The molecule has 0 spiro atoms. The van der Waals surface area contributed by atoms with Gasteiger partial charge in [0, 0.05) is 32.0 Å². The first-order valence-corrected chi connectivity index (χ1v) is 10.1. The zero-order valence-corrected chi connectivity index (χ0v) is 16.0. The van der Waals surface area contributed by atoms with E-state index in [1.807, 2.05) is 14.0 Å². The van der Waals surface area contributed by atoms with Gasteiger partial charge in [-0.2, -0.15) is 4.98 Å². The number of hydrogen-bond acceptors (Lipinski definition) is 7. The molecule has 4 rings (SSSR count). The highest BCUT2D eigenvalue weighted by atomic mass is 32.2. The SMILES string of the molecule is Cc1ccc(S(=O)(=O)n2ccc(-c3nc(C4CNCCN4C)no3)c2)cc1. The van der Waals surface area contributed by atoms with Crippen molar-refractivity contribution < 1.29 is 12.9 Å². The van der Waals surface area contributed by atoms with Crippen LogP contribution in [0.1, 0.15) is 17.4 Å². The lowest BCUT2D eigenvalue weighted by Gasteiger charge is -2.30. The van der Waals surface area contributed by atoms with E-state index in [0.717, 1.165) is 25.2 Å². The molecule has 0 amide bonds. The number of piperazine rings is 1. The summed E-state index contributed by atoms with van der Waals surface area (Å²) < 4.78 is 32.1. The van der Waals surface area contributed by atoms with E-state index in [-0.39, 0.29) is 10.9 Å². The second-order valence-electron chi connectivity index (χ2n) is 6.71. The van der Waals surface area contributed by atoms with Gasteiger partial charge in [0.1, 0.15) is 0 Å². The normalized spacial score (nSPS) is 18.7. The van der Waals surface area contributed by atoms with Crippen molar-refractivity contribution in [2.75, 3.05) is 26.7 Å². The molecule has 8 nitrogen and oxygen atoms in total. The number of rotatable bonds is 4. The average molecular weight is 387 g/mol. The Labute approximate surface area is 157 Å². The smallest absolute Gasteiger partial charge is 0.267 e. The van der Waals surface area contributed by atoms with E-state index in [1.165, 1.54) is 16.4 Å². The number of nitrogens with zero attached hydrogens (tertiary/aromatic N) is 4. The van der Waals surface area contributed by atoms with Gasteiger partial charge in [-0.05, 0) is 32.2 Å². The first kappa shape index (κ1) is 17.9. The topological polar surface area (TPSA) is 93.3 Å². The summed E-state index contributed by atoms with van der Waals surface area (Å²) in [5.74, 6) is 0.899. The van der Waals surface area contributed by atoms with Crippen molar-refractivity contribution in [1.82, 2.24) is 24.3 Å². The first-order valence-electron chi connectivity index (χ1n) is 8.70. The van der Waals surface area contributed by atoms with Gasteiger partial charge < -0.3 is 9.84 Å². The summed E-state index contributed by atoms with van der Waals surface area (Å²) in [6.07, 6.45) is 2.98. The van der Waals surface area contributed by atoms with Crippen LogP contribution in [0.4, 0.5) is 0 Å². The largest absolute Gasteiger partial charge is 0.334 e. The maximum Gasteiger partial charge on any atom is 0.267 e. The van der Waals surface area contributed by atoms with Crippen molar-refractivity contribution in [2.45, 2.75) is 17.9 Å². The molecule has 1 aliphatic rings. The fourth-order valence-electron chi connectivity index (χ4n) is 3.07. The monoisotopic (exact) mass is 387 g/mol. The molecule has 1 aliphatic heterocycles. The van der Waals surface area contributed by atoms with Gasteiger partial charge in [-0.25, -0.2) is 12.4 Å². The van der Waals surface area contributed by atoms with Gasteiger partial charge in [0.05, 0.1) is 16.5 Å². The number of likely N-dealkylation sites (N-methyl/N-ethyl adjacent to an activating group) is 1. The molecule has 0 saturated carbocycles. The van der Waals surface area contributed by atoms with Crippen LogP contribution in [0.3, 0.4) is 0 Å². The van der Waals surface area contributed by atoms with Gasteiger partial charge in [0.25, 0.3) is 15.9 Å². The standard InChI is InChI=1S/C18H21N5O3S/c1-13-3-5-15(6-4-13)27(24,25)23-9-7-14(12-23)18-20-17(21-26-18)16-11-19-8-10-22(16)2/h3-7,9,12,16,19H,8,10-11H2,1-2H3. The minimum Gasteiger partial charge on any atom is -0.334 e. The Morgan fingerprint density at radius 3 is 2.74 bits per heavy atom. The Balaban J connectivity index is 1.60. The third kappa shape index (κ3) is 3.41. The molecular formula is C18H21N5O3S. The van der Waals surface area contributed by atoms with Gasteiger partial charge in [-0.15, -0.1) is 0 Å². The lowest BCUT2D eigenvalue weighted by Crippen LogP contribution is -2.44. The van der Waals surface area contributed by atoms with Crippen molar-refractivity contribution in [3.63, 3.8) is 0 Å². The molecular weight excluding hydrogens is 366 g/mol. The van der Waals surface area contributed by atoms with E-state index in [2.05, 4.69) is 20.4 Å². The average Bonchev–Trinajstić information content (AvgIpc) is 3.32. The minimum atomic E-state index is -3.66. The summed E-state index contributed by atoms with van der Waals surface area (Å²) in [4.78, 5) is 6.86. The summed E-state index contributed by atoms with van der Waals surface area (Å²) in [6.45, 7) is 4.49. The fourth-order valence-corrected chi connectivity index (χ4v) is 4.26. The molecule has 3 aromatic rings. The summed E-state index contributed by atoms with van der Waals surface area (Å²) in [7, 11) is -1.64. The van der Waals surface area contributed by atoms with Crippen LogP contribution in [0.5, 0.6) is 0 Å². The van der Waals surface area contributed by atoms with Crippen molar-refractivity contribution in [2.24, 2.45) is 0 Å². The zero-order valence-electron chi connectivity index (χ0n) is 15.2. The second kappa shape index (κ2) is 6.91. The van der Waals surface area contributed by atoms with Gasteiger partial charge in [0.15, 0.2) is 5.82 Å². The Bertz CT molecular complexity index is 1040. The zero-order chi connectivity index (χ0) is 19.0. The van der Waals surface area contributed by atoms with Crippen molar-refractivity contribution in [1.29, 1.82) is 0 Å². The van der Waals surface area contributed by atoms with Crippen molar-refractivity contribution in [3.05, 3.63) is 54.1 Å². The lowest BCUT2D eigenvalue weighted by atomic mass is 10.2. The third-order valence-electron chi connectivity index (χ3n) is 4.76. The quantitative estimate of drug-likeness (QED) is 0.728. The molecule has 1 N–H and O–H groups in total. The number of aromatic nitrogens is 3. The predicted molar refractivity (Wildman–Crippen MR) is 99.7 cm³/mol. The van der Waals surface area contributed by atoms with E-state index in [0.29, 0.717) is 17.3 Å². The van der Waals surface area contributed by atoms with Crippen LogP contribution in [0.15, 0.2) is 52.1 Å². The highest BCUT2D eigenvalue weighted by Crippen LogP contribution is 2.24. The molecule has 3 heterocycles. The molecule has 0 aliphatic carbocycles. The van der Waals surface area contributed by atoms with Crippen LogP contribution in [-0.4, -0.2) is 54.1 Å². The maximum atomic E-state index is 12.8. The molecule has 1 fully saturated rings. The number of hydrogen-bond donors (Lipinski definition) is 1. The van der Waals surface area contributed by atoms with E-state index < -0.39 is 10.0 Å². The molecule has 1 saturated heterocycles. The molecule has 0 bridgehead atoms. The van der Waals surface area contributed by atoms with Crippen LogP contribution in [-0.2, 0) is 10.0 Å². The molecule has 2 aromatic heterocycles. The first-order chi connectivity index (χ1) is 12.9. The van der Waals surface area contributed by atoms with Crippen molar-refractivity contribution >= 4 is 10.0 Å². The maximum absolute atomic E-state index is 12.8. The van der Waals surface area contributed by atoms with Crippen LogP contribution in [0, 0.1) is 6.92 Å². The van der Waals surface area contributed by atoms with Gasteiger partial charge in [0.2, 0.25) is 0 Å². The highest BCUT2D eigenvalue weighted by molar-refractivity contribution is 7.90. The Kier molecular flexibility index (Phi) is 4.58. The number of benzene rings is 1. The second-order valence-corrected chi connectivity index (χ2v) is 8.55. The predicted octanol–water partition coefficient (Wildman–Crippen LogP) is 1.66. The van der Waals surface area contributed by atoms with Gasteiger partial charge >= 0.3 is 0 Å². The molecule has 9 heteroatoms. The molecule has 1 aromatic carbocycles. The van der Waals surface area contributed by atoms with Gasteiger partial charge in [-0.1, -0.05) is 22.9 Å². The van der Waals surface area contributed by atoms with Crippen LogP contribution >= 0.6 is 0 Å². The Morgan fingerprint density at radius 2 is 2.00 bits per heavy atom. The van der Waals surface area contributed by atoms with Crippen molar-refractivity contribution in [3.8, 4) is 11.5 Å². The third-order valence-corrected chi connectivity index (χ3v) is 6.41. The molecule has 1 unspecified atom stereocenters. The number of nitrogens with one attached hydrogen (secondary N) is 1. The summed E-state index contributed by atoms with van der Waals surface area (Å²) >= 11 is 0. The molecule has 27 heavy (non-hydrogen) atoms. The van der Waals surface area contributed by atoms with E-state index in [4.69, 9.17) is 4.52 Å². The van der Waals surface area contributed by atoms with Crippen LogP contribution in [0.2, 0.25) is 0 Å². The summed E-state index contributed by atoms with van der Waals surface area (Å²) in [5, 5.41) is 7.39. The van der Waals surface area contributed by atoms with E-state index >= 15 is 0 Å². The van der Waals surface area contributed by atoms with Crippen LogP contribution in [0.25, 0.3) is 11.5 Å². The van der Waals surface area contributed by atoms with E-state index in [9.17, 15) is 8.42 Å². The van der Waals surface area contributed by atoms with E-state index in [1.54, 1.807) is 30.3 Å². The Hall–Kier alpha value is -2.49. The van der Waals surface area contributed by atoms with Gasteiger partial charge in [-0.3, -0.25) is 4.90 Å². The van der Waals surface area contributed by atoms with Crippen LogP contribution < -0.4 is 5.32 Å². The molecule has 0 radical (unpaired) electrons. The summed E-state index contributed by atoms with van der Waals surface area (Å²) in [6, 6.07) is 8.44. The Morgan fingerprint density at radius 1 is 1.22 bits per heavy atom. The molecule has 142 valence electrons. The molecule has 1 atom stereocenters.